The van der Waals surface area contributed by atoms with Crippen molar-refractivity contribution in [1.82, 2.24) is 4.90 Å². The number of halogens is 1. The lowest BCUT2D eigenvalue weighted by atomic mass is 9.94. The lowest BCUT2D eigenvalue weighted by Crippen LogP contribution is -2.33. The fourth-order valence-corrected chi connectivity index (χ4v) is 3.81. The van der Waals surface area contributed by atoms with Crippen molar-refractivity contribution in [3.8, 4) is 0 Å². The minimum Gasteiger partial charge on any atom is -0.389 e. The molecular formula is C22H36FNO2. The minimum atomic E-state index is -0.485. The average Bonchev–Trinajstić information content (AvgIpc) is 3.12. The Kier molecular flexibility index (Phi) is 9.03. The molecule has 0 saturated carbocycles. The van der Waals surface area contributed by atoms with E-state index in [9.17, 15) is 9.50 Å². The van der Waals surface area contributed by atoms with Gasteiger partial charge >= 0.3 is 0 Å². The Bertz CT molecular complexity index is 543. The van der Waals surface area contributed by atoms with E-state index in [0.717, 1.165) is 37.9 Å². The average molecular weight is 366 g/mol. The van der Waals surface area contributed by atoms with Crippen LogP contribution in [0.15, 0.2) is 12.1 Å². The zero-order chi connectivity index (χ0) is 18.9. The number of hydrogen-bond donors (Lipinski definition) is 1. The first-order valence-corrected chi connectivity index (χ1v) is 10.4. The first kappa shape index (κ1) is 21.3. The van der Waals surface area contributed by atoms with Crippen LogP contribution < -0.4 is 0 Å². The molecule has 1 heterocycles. The number of aliphatic hydroxyl groups is 1. The van der Waals surface area contributed by atoms with E-state index in [-0.39, 0.29) is 11.9 Å². The fourth-order valence-electron chi connectivity index (χ4n) is 3.81. The highest BCUT2D eigenvalue weighted by Gasteiger charge is 2.20. The molecule has 1 aromatic carbocycles. The summed E-state index contributed by atoms with van der Waals surface area (Å²) >= 11 is 0. The van der Waals surface area contributed by atoms with E-state index < -0.39 is 6.10 Å². The van der Waals surface area contributed by atoms with E-state index in [1.54, 1.807) is 6.07 Å². The lowest BCUT2D eigenvalue weighted by Gasteiger charge is -2.24. The molecule has 2 rings (SSSR count). The van der Waals surface area contributed by atoms with Crippen molar-refractivity contribution in [2.24, 2.45) is 0 Å². The molecule has 1 N–H and O–H groups in total. The Labute approximate surface area is 158 Å². The zero-order valence-corrected chi connectivity index (χ0v) is 16.8. The normalized spacial score (nSPS) is 17.6. The van der Waals surface area contributed by atoms with Gasteiger partial charge in [-0.25, -0.2) is 4.39 Å². The van der Waals surface area contributed by atoms with Crippen molar-refractivity contribution in [2.75, 3.05) is 26.2 Å². The third kappa shape index (κ3) is 6.33. The Morgan fingerprint density at radius 1 is 1.19 bits per heavy atom. The van der Waals surface area contributed by atoms with Gasteiger partial charge in [0.1, 0.15) is 5.82 Å². The summed E-state index contributed by atoms with van der Waals surface area (Å²) in [6.45, 7) is 9.19. The van der Waals surface area contributed by atoms with Gasteiger partial charge in [0.25, 0.3) is 0 Å². The summed E-state index contributed by atoms with van der Waals surface area (Å²) < 4.78 is 20.2. The van der Waals surface area contributed by atoms with Gasteiger partial charge in [-0.1, -0.05) is 32.8 Å². The predicted octanol–water partition coefficient (Wildman–Crippen LogP) is 4.79. The monoisotopic (exact) mass is 365 g/mol. The fraction of sp³-hybridized carbons (Fsp3) is 0.727. The third-order valence-corrected chi connectivity index (χ3v) is 5.35. The van der Waals surface area contributed by atoms with Crippen molar-refractivity contribution in [3.05, 3.63) is 34.6 Å². The van der Waals surface area contributed by atoms with Crippen LogP contribution in [0.2, 0.25) is 0 Å². The van der Waals surface area contributed by atoms with Gasteiger partial charge in [-0.05, 0) is 74.9 Å². The molecular weight excluding hydrogens is 329 g/mol. The van der Waals surface area contributed by atoms with Crippen molar-refractivity contribution < 1.29 is 14.2 Å². The summed E-state index contributed by atoms with van der Waals surface area (Å²) in [4.78, 5) is 2.29. The standard InChI is InChI=1S/C22H36FNO2/c1-4-6-7-10-18-13-17(3)21(23)14-20(18)22(5-2)26-16-19(25)15-24-11-8-9-12-24/h13-14,19,22,25H,4-12,15-16H2,1-3H3. The Morgan fingerprint density at radius 2 is 1.92 bits per heavy atom. The van der Waals surface area contributed by atoms with Gasteiger partial charge in [-0.3, -0.25) is 0 Å². The summed E-state index contributed by atoms with van der Waals surface area (Å²) in [5.74, 6) is -0.168. The Hall–Kier alpha value is -0.970. The molecule has 4 heteroatoms. The topological polar surface area (TPSA) is 32.7 Å². The summed E-state index contributed by atoms with van der Waals surface area (Å²) in [5, 5.41) is 10.3. The largest absolute Gasteiger partial charge is 0.389 e. The van der Waals surface area contributed by atoms with Crippen LogP contribution in [0.3, 0.4) is 0 Å². The predicted molar refractivity (Wildman–Crippen MR) is 105 cm³/mol. The highest BCUT2D eigenvalue weighted by molar-refractivity contribution is 5.34. The van der Waals surface area contributed by atoms with Crippen molar-refractivity contribution in [2.45, 2.75) is 77.9 Å². The van der Waals surface area contributed by atoms with Gasteiger partial charge in [-0.2, -0.15) is 0 Å². The van der Waals surface area contributed by atoms with Gasteiger partial charge in [0, 0.05) is 6.54 Å². The first-order chi connectivity index (χ1) is 12.5. The Morgan fingerprint density at radius 3 is 2.58 bits per heavy atom. The van der Waals surface area contributed by atoms with Crippen LogP contribution in [0.5, 0.6) is 0 Å². The second kappa shape index (κ2) is 11.0. The molecule has 2 unspecified atom stereocenters. The second-order valence-corrected chi connectivity index (χ2v) is 7.65. The maximum atomic E-state index is 14.2. The molecule has 1 aliphatic rings. The van der Waals surface area contributed by atoms with Gasteiger partial charge in [0.15, 0.2) is 0 Å². The number of hydrogen-bond acceptors (Lipinski definition) is 3. The maximum absolute atomic E-state index is 14.2. The van der Waals surface area contributed by atoms with Crippen LogP contribution in [-0.2, 0) is 11.2 Å². The lowest BCUT2D eigenvalue weighted by molar-refractivity contribution is -0.0219. The van der Waals surface area contributed by atoms with Crippen molar-refractivity contribution in [1.29, 1.82) is 0 Å². The van der Waals surface area contributed by atoms with E-state index >= 15 is 0 Å². The zero-order valence-electron chi connectivity index (χ0n) is 16.8. The van der Waals surface area contributed by atoms with Crippen LogP contribution in [0.4, 0.5) is 4.39 Å². The maximum Gasteiger partial charge on any atom is 0.126 e. The van der Waals surface area contributed by atoms with Crippen LogP contribution >= 0.6 is 0 Å². The number of nitrogens with zero attached hydrogens (tertiary/aromatic N) is 1. The molecule has 0 aromatic heterocycles. The van der Waals surface area contributed by atoms with E-state index in [4.69, 9.17) is 4.74 Å². The van der Waals surface area contributed by atoms with Crippen molar-refractivity contribution >= 4 is 0 Å². The van der Waals surface area contributed by atoms with Gasteiger partial charge in [-0.15, -0.1) is 0 Å². The molecule has 3 nitrogen and oxygen atoms in total. The number of benzene rings is 1. The number of likely N-dealkylation sites (tertiary alicyclic amines) is 1. The minimum absolute atomic E-state index is 0.157. The Balaban J connectivity index is 2.00. The third-order valence-electron chi connectivity index (χ3n) is 5.35. The van der Waals surface area contributed by atoms with Crippen LogP contribution in [0, 0.1) is 12.7 Å². The number of unbranched alkanes of at least 4 members (excludes halogenated alkanes) is 2. The summed E-state index contributed by atoms with van der Waals surface area (Å²) in [5.41, 5.74) is 2.85. The van der Waals surface area contributed by atoms with Crippen LogP contribution in [-0.4, -0.2) is 42.4 Å². The second-order valence-electron chi connectivity index (χ2n) is 7.65. The molecule has 1 fully saturated rings. The van der Waals surface area contributed by atoms with Gasteiger partial charge in [0.2, 0.25) is 0 Å². The van der Waals surface area contributed by atoms with Gasteiger partial charge in [0.05, 0.1) is 18.8 Å². The summed E-state index contributed by atoms with van der Waals surface area (Å²) in [6.07, 6.45) is 7.00. The quantitative estimate of drug-likeness (QED) is 0.572. The molecule has 0 bridgehead atoms. The summed E-state index contributed by atoms with van der Waals surface area (Å²) in [7, 11) is 0. The molecule has 0 amide bonds. The number of β-amino-alcohol motifs (C(OH)–C–C–N with tert-alkyl or cyclic N) is 1. The van der Waals surface area contributed by atoms with E-state index in [0.29, 0.717) is 18.7 Å². The van der Waals surface area contributed by atoms with Crippen LogP contribution in [0.1, 0.15) is 75.2 Å². The highest BCUT2D eigenvalue weighted by Crippen LogP contribution is 2.29. The molecule has 148 valence electrons. The SMILES string of the molecule is CCCCCc1cc(C)c(F)cc1C(CC)OCC(O)CN1CCCC1. The van der Waals surface area contributed by atoms with Crippen molar-refractivity contribution in [3.63, 3.8) is 0 Å². The number of rotatable bonds is 11. The molecule has 0 aliphatic carbocycles. The van der Waals surface area contributed by atoms with Crippen LogP contribution in [0.25, 0.3) is 0 Å². The molecule has 0 radical (unpaired) electrons. The number of ether oxygens (including phenoxy) is 1. The smallest absolute Gasteiger partial charge is 0.126 e. The highest BCUT2D eigenvalue weighted by atomic mass is 19.1. The first-order valence-electron chi connectivity index (χ1n) is 10.4. The molecule has 1 aliphatic heterocycles. The molecule has 0 spiro atoms. The summed E-state index contributed by atoms with van der Waals surface area (Å²) in [6, 6.07) is 3.63. The molecule has 1 aromatic rings. The van der Waals surface area contributed by atoms with E-state index in [2.05, 4.69) is 18.7 Å². The van der Waals surface area contributed by atoms with E-state index in [1.807, 2.05) is 13.0 Å². The number of aryl methyl sites for hydroxylation is 2. The van der Waals surface area contributed by atoms with E-state index in [1.165, 1.54) is 31.2 Å². The molecule has 1 saturated heterocycles. The molecule has 26 heavy (non-hydrogen) atoms. The van der Waals surface area contributed by atoms with Gasteiger partial charge < -0.3 is 14.7 Å². The number of aliphatic hydroxyl groups excluding tert-OH is 1. The molecule has 2 atom stereocenters.